The molecule has 1 aliphatic heterocycles. The predicted molar refractivity (Wildman–Crippen MR) is 63.5 cm³/mol. The van der Waals surface area contributed by atoms with Crippen LogP contribution in [0.4, 0.5) is 5.69 Å². The van der Waals surface area contributed by atoms with Crippen LogP contribution in [0.1, 0.15) is 17.3 Å². The Morgan fingerprint density at radius 1 is 1.67 bits per heavy atom. The van der Waals surface area contributed by atoms with Crippen LogP contribution in [0.25, 0.3) is 0 Å². The first-order valence-electron chi connectivity index (χ1n) is 4.64. The van der Waals surface area contributed by atoms with Crippen molar-refractivity contribution in [3.8, 4) is 0 Å². The van der Waals surface area contributed by atoms with Gasteiger partial charge in [-0.2, -0.15) is 0 Å². The van der Waals surface area contributed by atoms with E-state index < -0.39 is 5.91 Å². The van der Waals surface area contributed by atoms with E-state index in [0.29, 0.717) is 5.56 Å². The molecular formula is C10H11ClN2OS. The van der Waals surface area contributed by atoms with E-state index in [0.717, 1.165) is 17.1 Å². The minimum absolute atomic E-state index is 0.0897. The normalized spacial score (nSPS) is 19.1. The number of alkyl halides is 1. The number of rotatable bonds is 2. The lowest BCUT2D eigenvalue weighted by Crippen LogP contribution is -2.24. The number of carbonyl (C=O) groups is 1. The number of hydrogen-bond donors (Lipinski definition) is 1. The van der Waals surface area contributed by atoms with Crippen LogP contribution in [0.5, 0.6) is 0 Å². The van der Waals surface area contributed by atoms with Gasteiger partial charge >= 0.3 is 0 Å². The van der Waals surface area contributed by atoms with E-state index in [-0.39, 0.29) is 4.83 Å². The van der Waals surface area contributed by atoms with E-state index in [1.54, 1.807) is 23.9 Å². The van der Waals surface area contributed by atoms with Gasteiger partial charge in [-0.1, -0.05) is 23.4 Å². The highest BCUT2D eigenvalue weighted by molar-refractivity contribution is 8.01. The highest BCUT2D eigenvalue weighted by atomic mass is 35.5. The highest BCUT2D eigenvalue weighted by Crippen LogP contribution is 2.44. The van der Waals surface area contributed by atoms with E-state index in [2.05, 4.69) is 0 Å². The lowest BCUT2D eigenvalue weighted by Gasteiger charge is -2.19. The maximum Gasteiger partial charge on any atom is 0.248 e. The molecule has 15 heavy (non-hydrogen) atoms. The Hall–Kier alpha value is -0.870. The van der Waals surface area contributed by atoms with Gasteiger partial charge in [0.2, 0.25) is 5.91 Å². The summed E-state index contributed by atoms with van der Waals surface area (Å²) in [5, 5.41) is 0. The van der Waals surface area contributed by atoms with Crippen molar-refractivity contribution >= 4 is 35.0 Å². The van der Waals surface area contributed by atoms with Crippen molar-refractivity contribution in [1.82, 2.24) is 0 Å². The summed E-state index contributed by atoms with van der Waals surface area (Å²) in [5.41, 5.74) is 6.76. The molecule has 1 aromatic rings. The van der Waals surface area contributed by atoms with Crippen molar-refractivity contribution in [2.75, 3.05) is 11.4 Å². The molecule has 1 aliphatic rings. The zero-order chi connectivity index (χ0) is 11.0. The summed E-state index contributed by atoms with van der Waals surface area (Å²) in [4.78, 5) is 14.1. The van der Waals surface area contributed by atoms with Crippen molar-refractivity contribution in [2.45, 2.75) is 16.7 Å². The van der Waals surface area contributed by atoms with E-state index in [1.807, 2.05) is 17.9 Å². The summed E-state index contributed by atoms with van der Waals surface area (Å²) in [7, 11) is 0. The van der Waals surface area contributed by atoms with Crippen LogP contribution in [-0.4, -0.2) is 17.3 Å². The Balaban J connectivity index is 2.44. The largest absolute Gasteiger partial charge is 0.366 e. The van der Waals surface area contributed by atoms with Crippen LogP contribution >= 0.6 is 23.4 Å². The molecule has 1 amide bonds. The molecule has 1 atom stereocenters. The summed E-state index contributed by atoms with van der Waals surface area (Å²) < 4.78 is 0. The topological polar surface area (TPSA) is 46.3 Å². The number of fused-ring (bicyclic) bond motifs is 1. The van der Waals surface area contributed by atoms with Gasteiger partial charge < -0.3 is 10.6 Å². The zero-order valence-electron chi connectivity index (χ0n) is 8.24. The fourth-order valence-electron chi connectivity index (χ4n) is 1.59. The van der Waals surface area contributed by atoms with Crippen LogP contribution in [0.3, 0.4) is 0 Å². The van der Waals surface area contributed by atoms with Crippen molar-refractivity contribution < 1.29 is 4.79 Å². The maximum atomic E-state index is 11.0. The third-order valence-electron chi connectivity index (χ3n) is 2.36. The Morgan fingerprint density at radius 2 is 2.40 bits per heavy atom. The average Bonchev–Trinajstić information content (AvgIpc) is 2.51. The maximum absolute atomic E-state index is 11.0. The number of carbonyl (C=O) groups excluding carboxylic acids is 1. The predicted octanol–water partition coefficient (Wildman–Crippen LogP) is 2.24. The van der Waals surface area contributed by atoms with Crippen LogP contribution in [0, 0.1) is 0 Å². The molecule has 1 heterocycles. The molecule has 0 bridgehead atoms. The molecule has 0 spiro atoms. The molecular weight excluding hydrogens is 232 g/mol. The molecule has 2 N–H and O–H groups in total. The number of benzene rings is 1. The van der Waals surface area contributed by atoms with E-state index in [1.165, 1.54) is 0 Å². The SMILES string of the molecule is CCN1c2cc(C(N)=O)ccc2SC1Cl. The molecule has 0 saturated carbocycles. The van der Waals surface area contributed by atoms with Gasteiger partial charge in [0, 0.05) is 17.0 Å². The minimum atomic E-state index is -0.406. The molecule has 0 aliphatic carbocycles. The van der Waals surface area contributed by atoms with Crippen LogP contribution in [0.15, 0.2) is 23.1 Å². The Labute approximate surface area is 97.6 Å². The van der Waals surface area contributed by atoms with Gasteiger partial charge in [-0.15, -0.1) is 0 Å². The Morgan fingerprint density at radius 3 is 3.00 bits per heavy atom. The van der Waals surface area contributed by atoms with Gasteiger partial charge in [0.15, 0.2) is 4.83 Å². The summed E-state index contributed by atoms with van der Waals surface area (Å²) >= 11 is 7.73. The van der Waals surface area contributed by atoms with Crippen molar-refractivity contribution in [2.24, 2.45) is 5.73 Å². The lowest BCUT2D eigenvalue weighted by molar-refractivity contribution is 0.100. The van der Waals surface area contributed by atoms with Gasteiger partial charge in [0.05, 0.1) is 5.69 Å². The van der Waals surface area contributed by atoms with Crippen molar-refractivity contribution in [1.29, 1.82) is 0 Å². The van der Waals surface area contributed by atoms with Crippen LogP contribution in [0.2, 0.25) is 0 Å². The molecule has 1 unspecified atom stereocenters. The van der Waals surface area contributed by atoms with Gasteiger partial charge in [-0.25, -0.2) is 0 Å². The monoisotopic (exact) mass is 242 g/mol. The van der Waals surface area contributed by atoms with Crippen molar-refractivity contribution in [3.05, 3.63) is 23.8 Å². The quantitative estimate of drug-likeness (QED) is 0.639. The molecule has 0 fully saturated rings. The van der Waals surface area contributed by atoms with Crippen molar-refractivity contribution in [3.63, 3.8) is 0 Å². The number of anilines is 1. The molecule has 2 rings (SSSR count). The standard InChI is InChI=1S/C10H11ClN2OS/c1-2-13-7-5-6(9(12)14)3-4-8(7)15-10(13)11/h3-5,10H,2H2,1H3,(H2,12,14). The molecule has 1 aromatic carbocycles. The second-order valence-corrected chi connectivity index (χ2v) is 5.04. The van der Waals surface area contributed by atoms with Crippen LogP contribution < -0.4 is 10.6 Å². The number of amides is 1. The fourth-order valence-corrected chi connectivity index (χ4v) is 3.16. The second-order valence-electron chi connectivity index (χ2n) is 3.24. The summed E-state index contributed by atoms with van der Waals surface area (Å²) in [6.07, 6.45) is 0. The number of nitrogens with two attached hydrogens (primary N) is 1. The zero-order valence-corrected chi connectivity index (χ0v) is 9.81. The third kappa shape index (κ3) is 1.79. The smallest absolute Gasteiger partial charge is 0.248 e. The third-order valence-corrected chi connectivity index (χ3v) is 3.91. The number of hydrogen-bond acceptors (Lipinski definition) is 3. The number of primary amides is 1. The van der Waals surface area contributed by atoms with E-state index >= 15 is 0 Å². The van der Waals surface area contributed by atoms with Crippen LogP contribution in [-0.2, 0) is 0 Å². The molecule has 80 valence electrons. The fraction of sp³-hybridized carbons (Fsp3) is 0.300. The number of nitrogens with zero attached hydrogens (tertiary/aromatic N) is 1. The summed E-state index contributed by atoms with van der Waals surface area (Å²) in [6, 6.07) is 5.43. The molecule has 0 aromatic heterocycles. The lowest BCUT2D eigenvalue weighted by atomic mass is 10.2. The number of halogens is 1. The molecule has 5 heteroatoms. The molecule has 0 radical (unpaired) electrons. The van der Waals surface area contributed by atoms with Gasteiger partial charge in [0.1, 0.15) is 0 Å². The Bertz CT molecular complexity index is 410. The Kier molecular flexibility index (Phi) is 2.80. The first-order valence-corrected chi connectivity index (χ1v) is 5.96. The molecule has 0 saturated heterocycles. The second kappa shape index (κ2) is 3.94. The van der Waals surface area contributed by atoms with E-state index in [9.17, 15) is 4.79 Å². The highest BCUT2D eigenvalue weighted by Gasteiger charge is 2.27. The first-order chi connectivity index (χ1) is 7.13. The summed E-state index contributed by atoms with van der Waals surface area (Å²) in [5.74, 6) is -0.406. The summed E-state index contributed by atoms with van der Waals surface area (Å²) in [6.45, 7) is 2.85. The number of thioether (sulfide) groups is 1. The van der Waals surface area contributed by atoms with Gasteiger partial charge in [-0.3, -0.25) is 4.79 Å². The van der Waals surface area contributed by atoms with E-state index in [4.69, 9.17) is 17.3 Å². The van der Waals surface area contributed by atoms with Gasteiger partial charge in [-0.05, 0) is 25.1 Å². The minimum Gasteiger partial charge on any atom is -0.366 e. The first kappa shape index (κ1) is 10.6. The molecule has 3 nitrogen and oxygen atoms in total. The average molecular weight is 243 g/mol. The van der Waals surface area contributed by atoms with Gasteiger partial charge in [0.25, 0.3) is 0 Å².